The van der Waals surface area contributed by atoms with Crippen molar-refractivity contribution in [2.45, 2.75) is 39.0 Å². The number of unbranched alkanes of at least 4 members (excludes halogenated alkanes) is 1. The van der Waals surface area contributed by atoms with E-state index in [1.807, 2.05) is 7.05 Å². The minimum atomic E-state index is 0.0722. The molecule has 1 N–H and O–H groups in total. The van der Waals surface area contributed by atoms with Gasteiger partial charge in [-0.3, -0.25) is 0 Å². The number of carbonyl (C=O) groups is 1. The van der Waals surface area contributed by atoms with Crippen LogP contribution in [0.2, 0.25) is 0 Å². The van der Waals surface area contributed by atoms with Crippen molar-refractivity contribution in [3.8, 4) is 0 Å². The predicted octanol–water partition coefficient (Wildman–Crippen LogP) is 2.78. The van der Waals surface area contributed by atoms with Gasteiger partial charge in [0.2, 0.25) is 0 Å². The van der Waals surface area contributed by atoms with Gasteiger partial charge in [-0.25, -0.2) is 4.79 Å². The van der Waals surface area contributed by atoms with Crippen LogP contribution in [0.1, 0.15) is 39.0 Å². The van der Waals surface area contributed by atoms with E-state index in [4.69, 9.17) is 0 Å². The van der Waals surface area contributed by atoms with Gasteiger partial charge in [0.1, 0.15) is 0 Å². The summed E-state index contributed by atoms with van der Waals surface area (Å²) in [7, 11) is 1.87. The Bertz CT molecular complexity index is 238. The molecule has 0 aromatic heterocycles. The number of hydrogen-bond donors (Lipinski definition) is 1. The molecule has 0 spiro atoms. The standard InChI is InChI=1S/C13H24N2O/c1-3-4-10-15(2)13(16)14-11-12-8-6-5-7-9-12/h5-6,12H,3-4,7-11H2,1-2H3,(H,14,16). The monoisotopic (exact) mass is 224 g/mol. The van der Waals surface area contributed by atoms with Gasteiger partial charge in [-0.1, -0.05) is 25.5 Å². The third kappa shape index (κ3) is 4.69. The summed E-state index contributed by atoms with van der Waals surface area (Å²) in [6.07, 6.45) is 10.1. The molecular formula is C13H24N2O. The third-order valence-electron chi connectivity index (χ3n) is 3.11. The molecule has 1 rings (SSSR count). The summed E-state index contributed by atoms with van der Waals surface area (Å²) in [5, 5.41) is 3.01. The van der Waals surface area contributed by atoms with Crippen LogP contribution in [0.3, 0.4) is 0 Å². The number of hydrogen-bond acceptors (Lipinski definition) is 1. The molecule has 0 saturated heterocycles. The van der Waals surface area contributed by atoms with Gasteiger partial charge in [0.25, 0.3) is 0 Å². The predicted molar refractivity (Wildman–Crippen MR) is 67.4 cm³/mol. The first kappa shape index (κ1) is 13.1. The lowest BCUT2D eigenvalue weighted by Crippen LogP contribution is -2.40. The van der Waals surface area contributed by atoms with Crippen molar-refractivity contribution in [3.05, 3.63) is 12.2 Å². The first-order chi connectivity index (χ1) is 7.74. The van der Waals surface area contributed by atoms with Crippen molar-refractivity contribution in [1.82, 2.24) is 10.2 Å². The van der Waals surface area contributed by atoms with Gasteiger partial charge in [0.05, 0.1) is 0 Å². The summed E-state index contributed by atoms with van der Waals surface area (Å²) >= 11 is 0. The van der Waals surface area contributed by atoms with Crippen LogP contribution < -0.4 is 5.32 Å². The Balaban J connectivity index is 2.15. The molecule has 0 fully saturated rings. The molecule has 2 amide bonds. The number of rotatable bonds is 5. The van der Waals surface area contributed by atoms with Crippen LogP contribution in [0.15, 0.2) is 12.2 Å². The van der Waals surface area contributed by atoms with Gasteiger partial charge in [-0.05, 0) is 31.6 Å². The fourth-order valence-corrected chi connectivity index (χ4v) is 1.91. The molecule has 3 heteroatoms. The molecule has 0 heterocycles. The summed E-state index contributed by atoms with van der Waals surface area (Å²) in [4.78, 5) is 13.5. The van der Waals surface area contributed by atoms with Gasteiger partial charge >= 0.3 is 6.03 Å². The smallest absolute Gasteiger partial charge is 0.317 e. The van der Waals surface area contributed by atoms with Crippen molar-refractivity contribution in [2.24, 2.45) is 5.92 Å². The lowest BCUT2D eigenvalue weighted by Gasteiger charge is -2.21. The van der Waals surface area contributed by atoms with Crippen molar-refractivity contribution in [1.29, 1.82) is 0 Å². The molecular weight excluding hydrogens is 200 g/mol. The maximum atomic E-state index is 11.7. The molecule has 0 bridgehead atoms. The quantitative estimate of drug-likeness (QED) is 0.716. The van der Waals surface area contributed by atoms with E-state index in [1.165, 1.54) is 6.42 Å². The Hall–Kier alpha value is -0.990. The van der Waals surface area contributed by atoms with Gasteiger partial charge in [-0.2, -0.15) is 0 Å². The van der Waals surface area contributed by atoms with Crippen LogP contribution in [0.25, 0.3) is 0 Å². The van der Waals surface area contributed by atoms with E-state index >= 15 is 0 Å². The number of amides is 2. The molecule has 3 nitrogen and oxygen atoms in total. The van der Waals surface area contributed by atoms with E-state index in [0.29, 0.717) is 5.92 Å². The van der Waals surface area contributed by atoms with E-state index in [0.717, 1.165) is 38.8 Å². The number of nitrogens with one attached hydrogen (secondary N) is 1. The summed E-state index contributed by atoms with van der Waals surface area (Å²) < 4.78 is 0. The van der Waals surface area contributed by atoms with Crippen LogP contribution in [0.4, 0.5) is 4.79 Å². The maximum absolute atomic E-state index is 11.7. The highest BCUT2D eigenvalue weighted by Crippen LogP contribution is 2.16. The minimum Gasteiger partial charge on any atom is -0.338 e. The zero-order valence-corrected chi connectivity index (χ0v) is 10.5. The number of carbonyl (C=O) groups excluding carboxylic acids is 1. The Morgan fingerprint density at radius 2 is 2.31 bits per heavy atom. The van der Waals surface area contributed by atoms with E-state index in [2.05, 4.69) is 24.4 Å². The zero-order valence-electron chi connectivity index (χ0n) is 10.5. The maximum Gasteiger partial charge on any atom is 0.317 e. The molecule has 92 valence electrons. The molecule has 1 unspecified atom stereocenters. The summed E-state index contributed by atoms with van der Waals surface area (Å²) in [6, 6.07) is 0.0722. The van der Waals surface area contributed by atoms with Crippen LogP contribution in [0, 0.1) is 5.92 Å². The second kappa shape index (κ2) is 7.31. The van der Waals surface area contributed by atoms with Gasteiger partial charge in [0.15, 0.2) is 0 Å². The Labute approximate surface area is 98.9 Å². The Kier molecular flexibility index (Phi) is 5.98. The fourth-order valence-electron chi connectivity index (χ4n) is 1.91. The molecule has 0 aliphatic heterocycles. The second-order valence-electron chi connectivity index (χ2n) is 4.61. The second-order valence-corrected chi connectivity index (χ2v) is 4.61. The van der Waals surface area contributed by atoms with Crippen molar-refractivity contribution < 1.29 is 4.79 Å². The van der Waals surface area contributed by atoms with Gasteiger partial charge in [0, 0.05) is 20.1 Å². The molecule has 1 aliphatic rings. The molecule has 16 heavy (non-hydrogen) atoms. The van der Waals surface area contributed by atoms with Crippen LogP contribution >= 0.6 is 0 Å². The third-order valence-corrected chi connectivity index (χ3v) is 3.11. The van der Waals surface area contributed by atoms with Crippen LogP contribution in [-0.4, -0.2) is 31.1 Å². The zero-order chi connectivity index (χ0) is 11.8. The largest absolute Gasteiger partial charge is 0.338 e. The first-order valence-corrected chi connectivity index (χ1v) is 6.38. The van der Waals surface area contributed by atoms with Crippen molar-refractivity contribution in [3.63, 3.8) is 0 Å². The number of allylic oxidation sites excluding steroid dienone is 2. The molecule has 0 saturated carbocycles. The van der Waals surface area contributed by atoms with E-state index in [-0.39, 0.29) is 6.03 Å². The first-order valence-electron chi connectivity index (χ1n) is 6.38. The summed E-state index contributed by atoms with van der Waals surface area (Å²) in [5.41, 5.74) is 0. The summed E-state index contributed by atoms with van der Waals surface area (Å²) in [6.45, 7) is 3.81. The van der Waals surface area contributed by atoms with E-state index in [1.54, 1.807) is 4.90 Å². The lowest BCUT2D eigenvalue weighted by atomic mass is 9.94. The van der Waals surface area contributed by atoms with E-state index in [9.17, 15) is 4.79 Å². The molecule has 0 radical (unpaired) electrons. The number of urea groups is 1. The average Bonchev–Trinajstić information content (AvgIpc) is 2.34. The Morgan fingerprint density at radius 3 is 2.94 bits per heavy atom. The normalized spacial score (nSPS) is 19.5. The average molecular weight is 224 g/mol. The minimum absolute atomic E-state index is 0.0722. The molecule has 1 aliphatic carbocycles. The Morgan fingerprint density at radius 1 is 1.50 bits per heavy atom. The highest BCUT2D eigenvalue weighted by molar-refractivity contribution is 5.73. The van der Waals surface area contributed by atoms with E-state index < -0.39 is 0 Å². The fraction of sp³-hybridized carbons (Fsp3) is 0.769. The topological polar surface area (TPSA) is 32.3 Å². The van der Waals surface area contributed by atoms with Crippen LogP contribution in [0.5, 0.6) is 0 Å². The molecule has 0 aromatic rings. The molecule has 0 aromatic carbocycles. The molecule has 1 atom stereocenters. The van der Waals surface area contributed by atoms with Crippen LogP contribution in [-0.2, 0) is 0 Å². The summed E-state index contributed by atoms with van der Waals surface area (Å²) in [5.74, 6) is 0.633. The van der Waals surface area contributed by atoms with Crippen molar-refractivity contribution in [2.75, 3.05) is 20.1 Å². The SMILES string of the molecule is CCCCN(C)C(=O)NCC1CC=CCC1. The highest BCUT2D eigenvalue weighted by atomic mass is 16.2. The van der Waals surface area contributed by atoms with Crippen molar-refractivity contribution >= 4 is 6.03 Å². The van der Waals surface area contributed by atoms with Gasteiger partial charge < -0.3 is 10.2 Å². The lowest BCUT2D eigenvalue weighted by molar-refractivity contribution is 0.205. The number of nitrogens with zero attached hydrogens (tertiary/aromatic N) is 1. The highest BCUT2D eigenvalue weighted by Gasteiger charge is 2.12. The van der Waals surface area contributed by atoms with Gasteiger partial charge in [-0.15, -0.1) is 0 Å².